The van der Waals surface area contributed by atoms with Crippen LogP contribution in [0.1, 0.15) is 50.2 Å². The molecule has 1 N–H and O–H groups in total. The highest BCUT2D eigenvalue weighted by Crippen LogP contribution is 2.52. The molecule has 4 heteroatoms. The molecule has 0 radical (unpaired) electrons. The minimum Gasteiger partial charge on any atom is -0.495 e. The van der Waals surface area contributed by atoms with Crippen LogP contribution in [0.15, 0.2) is 17.1 Å². The van der Waals surface area contributed by atoms with Gasteiger partial charge in [-0.3, -0.25) is 9.89 Å². The number of piperidine rings is 1. The van der Waals surface area contributed by atoms with Crippen molar-refractivity contribution in [2.75, 3.05) is 39.1 Å². The van der Waals surface area contributed by atoms with Crippen molar-refractivity contribution >= 4 is 11.5 Å². The van der Waals surface area contributed by atoms with Crippen molar-refractivity contribution in [3.8, 4) is 17.6 Å². The minimum absolute atomic E-state index is 0.0905. The van der Waals surface area contributed by atoms with E-state index in [1.807, 2.05) is 7.05 Å². The molecule has 3 aliphatic rings. The molecule has 2 fully saturated rings. The second-order valence-corrected chi connectivity index (χ2v) is 8.02. The van der Waals surface area contributed by atoms with Crippen molar-refractivity contribution in [3.63, 3.8) is 0 Å². The molecule has 1 aliphatic carbocycles. The van der Waals surface area contributed by atoms with Crippen LogP contribution in [-0.2, 0) is 5.41 Å². The highest BCUT2D eigenvalue weighted by molar-refractivity contribution is 6.10. The lowest BCUT2D eigenvalue weighted by atomic mass is 9.65. The molecule has 2 heterocycles. The number of benzene rings is 1. The van der Waals surface area contributed by atoms with Crippen LogP contribution >= 0.6 is 0 Å². The molecule has 0 amide bonds. The molecule has 0 unspecified atom stereocenters. The zero-order valence-electron chi connectivity index (χ0n) is 16.2. The number of fused-ring (bicyclic) bond motifs is 2. The summed E-state index contributed by atoms with van der Waals surface area (Å²) >= 11 is 0. The summed E-state index contributed by atoms with van der Waals surface area (Å²) in [5.74, 6) is 9.50. The number of nitrogens with one attached hydrogen (secondary N) is 1. The van der Waals surface area contributed by atoms with Gasteiger partial charge in [0, 0.05) is 19.3 Å². The van der Waals surface area contributed by atoms with E-state index in [4.69, 9.17) is 4.74 Å². The lowest BCUT2D eigenvalue weighted by Gasteiger charge is -2.38. The molecule has 4 rings (SSSR count). The molecule has 0 aromatic heterocycles. The monoisotopic (exact) mass is 351 g/mol. The lowest BCUT2D eigenvalue weighted by molar-refractivity contribution is 0.204. The third kappa shape index (κ3) is 2.89. The molecule has 138 valence electrons. The molecule has 1 atom stereocenters. The number of anilines is 1. The fourth-order valence-electron chi connectivity index (χ4n) is 4.70. The maximum absolute atomic E-state index is 5.68. The van der Waals surface area contributed by atoms with E-state index in [1.54, 1.807) is 7.11 Å². The molecular weight excluding hydrogens is 322 g/mol. The van der Waals surface area contributed by atoms with Gasteiger partial charge in [0.2, 0.25) is 0 Å². The molecular formula is C22H29N3O. The average Bonchev–Trinajstić information content (AvgIpc) is 2.94. The third-order valence-electron chi connectivity index (χ3n) is 6.26. The number of nitrogens with zero attached hydrogens (tertiary/aromatic N) is 2. The largest absolute Gasteiger partial charge is 0.495 e. The summed E-state index contributed by atoms with van der Waals surface area (Å²) in [7, 11) is 3.62. The molecule has 1 saturated carbocycles. The summed E-state index contributed by atoms with van der Waals surface area (Å²) in [6.45, 7) is 5.50. The highest BCUT2D eigenvalue weighted by atomic mass is 16.5. The predicted octanol–water partition coefficient (Wildman–Crippen LogP) is 3.65. The molecule has 0 bridgehead atoms. The van der Waals surface area contributed by atoms with Gasteiger partial charge in [0.15, 0.2) is 0 Å². The molecule has 4 nitrogen and oxygen atoms in total. The summed E-state index contributed by atoms with van der Waals surface area (Å²) in [5, 5.41) is 3.53. The Morgan fingerprint density at radius 1 is 1.35 bits per heavy atom. The van der Waals surface area contributed by atoms with Crippen LogP contribution in [0, 0.1) is 17.8 Å². The van der Waals surface area contributed by atoms with Crippen LogP contribution in [0.2, 0.25) is 0 Å². The van der Waals surface area contributed by atoms with Gasteiger partial charge >= 0.3 is 0 Å². The van der Waals surface area contributed by atoms with E-state index < -0.39 is 0 Å². The Morgan fingerprint density at radius 3 is 2.85 bits per heavy atom. The van der Waals surface area contributed by atoms with Crippen molar-refractivity contribution in [2.45, 2.75) is 44.4 Å². The minimum atomic E-state index is 0.0905. The third-order valence-corrected chi connectivity index (χ3v) is 6.26. The zero-order chi connectivity index (χ0) is 18.1. The number of hydrogen-bond acceptors (Lipinski definition) is 3. The molecule has 1 aromatic rings. The van der Waals surface area contributed by atoms with Gasteiger partial charge in [-0.2, -0.15) is 0 Å². The fourth-order valence-corrected chi connectivity index (χ4v) is 4.70. The Hall–Kier alpha value is -1.99. The van der Waals surface area contributed by atoms with Crippen LogP contribution in [0.25, 0.3) is 0 Å². The zero-order valence-corrected chi connectivity index (χ0v) is 16.2. The SMILES string of the molecule is CN=C1Nc2cc(C#CCN3CCC[C@H](C)C3)c(OC)cc2C12CCC2. The topological polar surface area (TPSA) is 36.9 Å². The summed E-state index contributed by atoms with van der Waals surface area (Å²) in [5.41, 5.74) is 3.54. The molecule has 1 saturated heterocycles. The summed E-state index contributed by atoms with van der Waals surface area (Å²) in [6.07, 6.45) is 6.23. The standard InChI is InChI=1S/C22H29N3O/c1-16-7-4-11-25(15-16)12-5-8-17-13-19-18(14-20(17)26-3)22(9-6-10-22)21(23-2)24-19/h13-14,16H,4,6-7,9-12,15H2,1-3H3,(H,23,24)/t16-/m0/s1. The van der Waals surface area contributed by atoms with Crippen LogP contribution < -0.4 is 10.1 Å². The van der Waals surface area contributed by atoms with Gasteiger partial charge in [-0.05, 0) is 55.8 Å². The van der Waals surface area contributed by atoms with Gasteiger partial charge in [-0.15, -0.1) is 0 Å². The molecule has 26 heavy (non-hydrogen) atoms. The van der Waals surface area contributed by atoms with E-state index in [2.05, 4.69) is 46.1 Å². The quantitative estimate of drug-likeness (QED) is 0.826. The van der Waals surface area contributed by atoms with Crippen molar-refractivity contribution < 1.29 is 4.74 Å². The Balaban J connectivity index is 1.58. The van der Waals surface area contributed by atoms with E-state index in [0.29, 0.717) is 0 Å². The van der Waals surface area contributed by atoms with Crippen molar-refractivity contribution in [1.82, 2.24) is 4.90 Å². The Bertz CT molecular complexity index is 783. The van der Waals surface area contributed by atoms with Crippen LogP contribution in [0.5, 0.6) is 5.75 Å². The van der Waals surface area contributed by atoms with Gasteiger partial charge in [-0.1, -0.05) is 25.2 Å². The second kappa shape index (κ2) is 6.96. The first-order valence-electron chi connectivity index (χ1n) is 9.84. The molecule has 1 aromatic carbocycles. The molecule has 2 aliphatic heterocycles. The van der Waals surface area contributed by atoms with Gasteiger partial charge in [0.25, 0.3) is 0 Å². The first-order valence-corrected chi connectivity index (χ1v) is 9.84. The smallest absolute Gasteiger partial charge is 0.134 e. The van der Waals surface area contributed by atoms with E-state index in [9.17, 15) is 0 Å². The maximum atomic E-state index is 5.68. The summed E-state index contributed by atoms with van der Waals surface area (Å²) < 4.78 is 5.68. The predicted molar refractivity (Wildman–Crippen MR) is 107 cm³/mol. The van der Waals surface area contributed by atoms with Gasteiger partial charge < -0.3 is 10.1 Å². The van der Waals surface area contributed by atoms with Gasteiger partial charge in [-0.25, -0.2) is 0 Å². The number of hydrogen-bond donors (Lipinski definition) is 1. The Labute approximate surface area is 157 Å². The van der Waals surface area contributed by atoms with Gasteiger partial charge in [0.1, 0.15) is 11.6 Å². The average molecular weight is 351 g/mol. The van der Waals surface area contributed by atoms with E-state index in [0.717, 1.165) is 41.8 Å². The van der Waals surface area contributed by atoms with E-state index >= 15 is 0 Å². The first-order chi connectivity index (χ1) is 12.7. The maximum Gasteiger partial charge on any atom is 0.134 e. The number of ether oxygens (including phenoxy) is 1. The Kier molecular flexibility index (Phi) is 4.67. The number of rotatable bonds is 2. The lowest BCUT2D eigenvalue weighted by Crippen LogP contribution is -2.41. The number of methoxy groups -OCH3 is 1. The molecule has 1 spiro atoms. The number of likely N-dealkylation sites (tertiary alicyclic amines) is 1. The van der Waals surface area contributed by atoms with E-state index in [-0.39, 0.29) is 5.41 Å². The number of amidine groups is 1. The summed E-state index contributed by atoms with van der Waals surface area (Å²) in [6, 6.07) is 4.34. The second-order valence-electron chi connectivity index (χ2n) is 8.02. The van der Waals surface area contributed by atoms with Crippen molar-refractivity contribution in [1.29, 1.82) is 0 Å². The summed E-state index contributed by atoms with van der Waals surface area (Å²) in [4.78, 5) is 6.98. The van der Waals surface area contributed by atoms with Crippen LogP contribution in [-0.4, -0.2) is 44.5 Å². The van der Waals surface area contributed by atoms with Crippen molar-refractivity contribution in [3.05, 3.63) is 23.3 Å². The number of aliphatic imine (C=N–C) groups is 1. The highest BCUT2D eigenvalue weighted by Gasteiger charge is 2.49. The van der Waals surface area contributed by atoms with Crippen LogP contribution in [0.3, 0.4) is 0 Å². The Morgan fingerprint density at radius 2 is 2.19 bits per heavy atom. The first kappa shape index (κ1) is 17.4. The van der Waals surface area contributed by atoms with Gasteiger partial charge in [0.05, 0.1) is 24.6 Å². The fraction of sp³-hybridized carbons (Fsp3) is 0.591. The normalized spacial score (nSPS) is 25.2. The van der Waals surface area contributed by atoms with Crippen LogP contribution in [0.4, 0.5) is 5.69 Å². The van der Waals surface area contributed by atoms with E-state index in [1.165, 1.54) is 44.2 Å². The van der Waals surface area contributed by atoms with Crippen molar-refractivity contribution in [2.24, 2.45) is 10.9 Å².